The van der Waals surface area contributed by atoms with Crippen LogP contribution in [0.1, 0.15) is 25.3 Å². The van der Waals surface area contributed by atoms with Gasteiger partial charge in [0.05, 0.1) is 11.0 Å². The summed E-state index contributed by atoms with van der Waals surface area (Å²) in [5.41, 5.74) is 1.58. The van der Waals surface area contributed by atoms with E-state index in [0.717, 1.165) is 30.7 Å². The van der Waals surface area contributed by atoms with Crippen LogP contribution < -0.4 is 10.0 Å². The summed E-state index contributed by atoms with van der Waals surface area (Å²) in [7, 11) is -1.99. The van der Waals surface area contributed by atoms with Crippen molar-refractivity contribution >= 4 is 15.7 Å². The molecule has 1 heterocycles. The Hall–Kier alpha value is -1.11. The van der Waals surface area contributed by atoms with Gasteiger partial charge in [0, 0.05) is 18.3 Å². The number of anilines is 1. The standard InChI is InChI=1S/C14H22N2O3S/c1-10-4-5-12(9-14(10)20(17,18)15-3)16-13-6-7-19-11(2)8-13/h4-5,9,11,13,15-16H,6-8H2,1-3H3. The van der Waals surface area contributed by atoms with Crippen molar-refractivity contribution in [2.75, 3.05) is 19.0 Å². The first kappa shape index (κ1) is 15.3. The minimum absolute atomic E-state index is 0.243. The lowest BCUT2D eigenvalue weighted by Gasteiger charge is -2.29. The average Bonchev–Trinajstić information content (AvgIpc) is 2.41. The molecule has 2 atom stereocenters. The number of hydrogen-bond acceptors (Lipinski definition) is 4. The van der Waals surface area contributed by atoms with Crippen LogP contribution in [0.4, 0.5) is 5.69 Å². The number of aryl methyl sites for hydroxylation is 1. The van der Waals surface area contributed by atoms with Crippen LogP contribution in [0.15, 0.2) is 23.1 Å². The summed E-state index contributed by atoms with van der Waals surface area (Å²) < 4.78 is 31.8. The topological polar surface area (TPSA) is 67.4 Å². The lowest BCUT2D eigenvalue weighted by Crippen LogP contribution is -2.32. The van der Waals surface area contributed by atoms with Gasteiger partial charge in [-0.2, -0.15) is 0 Å². The van der Waals surface area contributed by atoms with Gasteiger partial charge < -0.3 is 10.1 Å². The third kappa shape index (κ3) is 3.50. The van der Waals surface area contributed by atoms with Gasteiger partial charge in [-0.25, -0.2) is 13.1 Å². The smallest absolute Gasteiger partial charge is 0.240 e. The molecule has 20 heavy (non-hydrogen) atoms. The van der Waals surface area contributed by atoms with Crippen LogP contribution in [0.3, 0.4) is 0 Å². The molecule has 1 aliphatic heterocycles. The Morgan fingerprint density at radius 2 is 2.10 bits per heavy atom. The first-order chi connectivity index (χ1) is 9.42. The van der Waals surface area contributed by atoms with Gasteiger partial charge >= 0.3 is 0 Å². The van der Waals surface area contributed by atoms with Gasteiger partial charge in [-0.1, -0.05) is 6.07 Å². The van der Waals surface area contributed by atoms with E-state index in [1.165, 1.54) is 7.05 Å². The molecule has 0 amide bonds. The van der Waals surface area contributed by atoms with Crippen LogP contribution in [0.25, 0.3) is 0 Å². The van der Waals surface area contributed by atoms with Crippen molar-refractivity contribution in [3.8, 4) is 0 Å². The van der Waals surface area contributed by atoms with Crippen molar-refractivity contribution < 1.29 is 13.2 Å². The minimum atomic E-state index is -3.42. The highest BCUT2D eigenvalue weighted by Crippen LogP contribution is 2.23. The molecule has 5 nitrogen and oxygen atoms in total. The van der Waals surface area contributed by atoms with Gasteiger partial charge in [0.1, 0.15) is 0 Å². The summed E-state index contributed by atoms with van der Waals surface area (Å²) in [6.45, 7) is 4.59. The Bertz CT molecular complexity index is 572. The molecule has 2 rings (SSSR count). The molecule has 1 aliphatic rings. The van der Waals surface area contributed by atoms with E-state index >= 15 is 0 Å². The maximum absolute atomic E-state index is 12.0. The maximum atomic E-state index is 12.0. The van der Waals surface area contributed by atoms with Gasteiger partial charge in [0.25, 0.3) is 0 Å². The van der Waals surface area contributed by atoms with Crippen molar-refractivity contribution in [2.24, 2.45) is 0 Å². The Morgan fingerprint density at radius 1 is 1.35 bits per heavy atom. The van der Waals surface area contributed by atoms with Gasteiger partial charge in [0.2, 0.25) is 10.0 Å². The SMILES string of the molecule is CNS(=O)(=O)c1cc(NC2CCOC(C)C2)ccc1C. The van der Waals surface area contributed by atoms with Gasteiger partial charge in [-0.05, 0) is 51.4 Å². The minimum Gasteiger partial charge on any atom is -0.382 e. The maximum Gasteiger partial charge on any atom is 0.240 e. The van der Waals surface area contributed by atoms with Gasteiger partial charge in [-0.15, -0.1) is 0 Å². The molecule has 0 radical (unpaired) electrons. The van der Waals surface area contributed by atoms with Crippen LogP contribution in [0, 0.1) is 6.92 Å². The highest BCUT2D eigenvalue weighted by atomic mass is 32.2. The zero-order valence-corrected chi connectivity index (χ0v) is 13.0. The molecule has 1 fully saturated rings. The summed E-state index contributed by atoms with van der Waals surface area (Å²) in [5.74, 6) is 0. The van der Waals surface area contributed by atoms with Gasteiger partial charge in [0.15, 0.2) is 0 Å². The fourth-order valence-corrected chi connectivity index (χ4v) is 3.45. The Morgan fingerprint density at radius 3 is 2.75 bits per heavy atom. The predicted molar refractivity (Wildman–Crippen MR) is 79.5 cm³/mol. The second kappa shape index (κ2) is 6.11. The molecule has 1 aromatic rings. The highest BCUT2D eigenvalue weighted by Gasteiger charge is 2.20. The molecule has 0 spiro atoms. The summed E-state index contributed by atoms with van der Waals surface area (Å²) in [4.78, 5) is 0.324. The van der Waals surface area contributed by atoms with E-state index in [-0.39, 0.29) is 6.10 Å². The third-order valence-corrected chi connectivity index (χ3v) is 5.16. The largest absolute Gasteiger partial charge is 0.382 e. The van der Waals surface area contributed by atoms with E-state index in [0.29, 0.717) is 10.9 Å². The molecule has 1 saturated heterocycles. The second-order valence-electron chi connectivity index (χ2n) is 5.23. The van der Waals surface area contributed by atoms with Crippen LogP contribution >= 0.6 is 0 Å². The summed E-state index contributed by atoms with van der Waals surface area (Å²) in [6.07, 6.45) is 2.11. The van der Waals surface area contributed by atoms with E-state index in [1.807, 2.05) is 12.1 Å². The number of sulfonamides is 1. The van der Waals surface area contributed by atoms with E-state index in [4.69, 9.17) is 4.74 Å². The first-order valence-corrected chi connectivity index (χ1v) is 8.33. The zero-order valence-electron chi connectivity index (χ0n) is 12.1. The number of ether oxygens (including phenoxy) is 1. The van der Waals surface area contributed by atoms with Gasteiger partial charge in [-0.3, -0.25) is 0 Å². The lowest BCUT2D eigenvalue weighted by atomic mass is 10.0. The van der Waals surface area contributed by atoms with E-state index in [2.05, 4.69) is 17.0 Å². The number of hydrogen-bond donors (Lipinski definition) is 2. The molecule has 2 unspecified atom stereocenters. The second-order valence-corrected chi connectivity index (χ2v) is 7.09. The highest BCUT2D eigenvalue weighted by molar-refractivity contribution is 7.89. The molecular formula is C14H22N2O3S. The predicted octanol–water partition coefficient (Wildman–Crippen LogP) is 1.88. The third-order valence-electron chi connectivity index (χ3n) is 3.60. The molecule has 0 saturated carbocycles. The van der Waals surface area contributed by atoms with E-state index in [9.17, 15) is 8.42 Å². The molecular weight excluding hydrogens is 276 g/mol. The molecule has 1 aromatic carbocycles. The Kier molecular flexibility index (Phi) is 4.67. The number of benzene rings is 1. The lowest BCUT2D eigenvalue weighted by molar-refractivity contribution is 0.0232. The number of nitrogens with one attached hydrogen (secondary N) is 2. The number of rotatable bonds is 4. The molecule has 0 bridgehead atoms. The molecule has 0 aromatic heterocycles. The Balaban J connectivity index is 2.19. The van der Waals surface area contributed by atoms with Crippen molar-refractivity contribution in [3.63, 3.8) is 0 Å². The molecule has 112 valence electrons. The normalized spacial score (nSPS) is 23.6. The zero-order chi connectivity index (χ0) is 14.8. The fourth-order valence-electron chi connectivity index (χ4n) is 2.45. The monoisotopic (exact) mass is 298 g/mol. The quantitative estimate of drug-likeness (QED) is 0.890. The fraction of sp³-hybridized carbons (Fsp3) is 0.571. The van der Waals surface area contributed by atoms with Crippen LogP contribution in [-0.2, 0) is 14.8 Å². The van der Waals surface area contributed by atoms with Crippen molar-refractivity contribution in [3.05, 3.63) is 23.8 Å². The van der Waals surface area contributed by atoms with Crippen LogP contribution in [-0.4, -0.2) is 34.2 Å². The summed E-state index contributed by atoms with van der Waals surface area (Å²) in [5, 5.41) is 3.40. The van der Waals surface area contributed by atoms with Crippen LogP contribution in [0.2, 0.25) is 0 Å². The Labute approximate surface area is 120 Å². The summed E-state index contributed by atoms with van der Waals surface area (Å²) in [6, 6.07) is 5.77. The molecule has 6 heteroatoms. The summed E-state index contributed by atoms with van der Waals surface area (Å²) >= 11 is 0. The van der Waals surface area contributed by atoms with E-state index in [1.54, 1.807) is 13.0 Å². The molecule has 2 N–H and O–H groups in total. The van der Waals surface area contributed by atoms with Crippen molar-refractivity contribution in [2.45, 2.75) is 43.7 Å². The average molecular weight is 298 g/mol. The van der Waals surface area contributed by atoms with Crippen molar-refractivity contribution in [1.29, 1.82) is 0 Å². The van der Waals surface area contributed by atoms with Crippen molar-refractivity contribution in [1.82, 2.24) is 4.72 Å². The first-order valence-electron chi connectivity index (χ1n) is 6.84. The van der Waals surface area contributed by atoms with E-state index < -0.39 is 10.0 Å². The van der Waals surface area contributed by atoms with Crippen LogP contribution in [0.5, 0.6) is 0 Å². The molecule has 0 aliphatic carbocycles.